The zero-order valence-corrected chi connectivity index (χ0v) is 11.2. The Bertz CT molecular complexity index is 495. The first-order valence-electron chi connectivity index (χ1n) is 5.93. The van der Waals surface area contributed by atoms with Gasteiger partial charge in [-0.05, 0) is 24.8 Å². The number of hydrogen-bond donors (Lipinski definition) is 1. The highest BCUT2D eigenvalue weighted by Gasteiger charge is 2.40. The van der Waals surface area contributed by atoms with Gasteiger partial charge in [-0.25, -0.2) is 0 Å². The highest BCUT2D eigenvalue weighted by atomic mass is 35.5. The van der Waals surface area contributed by atoms with Gasteiger partial charge in [0.2, 0.25) is 0 Å². The number of halogens is 2. The van der Waals surface area contributed by atoms with Crippen LogP contribution in [-0.2, 0) is 4.87 Å². The van der Waals surface area contributed by atoms with E-state index in [1.807, 2.05) is 0 Å². The molecular weight excluding hydrogens is 273 g/mol. The van der Waals surface area contributed by atoms with Crippen molar-refractivity contribution in [3.8, 4) is 0 Å². The summed E-state index contributed by atoms with van der Waals surface area (Å²) in [7, 11) is 0. The number of hydrogen-bond acceptors (Lipinski definition) is 4. The molecule has 6 heteroatoms. The van der Waals surface area contributed by atoms with Crippen LogP contribution in [0.1, 0.15) is 18.6 Å². The van der Waals surface area contributed by atoms with Crippen molar-refractivity contribution < 1.29 is 4.52 Å². The van der Waals surface area contributed by atoms with Gasteiger partial charge in [-0.1, -0.05) is 22.8 Å². The number of nitrogens with one attached hydrogen (secondary N) is 1. The number of aliphatic imine (C=N–C) groups is 1. The molecule has 1 aromatic rings. The zero-order valence-electron chi connectivity index (χ0n) is 9.64. The lowest BCUT2D eigenvalue weighted by Crippen LogP contribution is -2.28. The first-order chi connectivity index (χ1) is 8.68. The van der Waals surface area contributed by atoms with Crippen molar-refractivity contribution in [2.45, 2.75) is 23.2 Å². The van der Waals surface area contributed by atoms with Crippen molar-refractivity contribution in [2.24, 2.45) is 10.9 Å². The van der Waals surface area contributed by atoms with Gasteiger partial charge in [0, 0.05) is 18.8 Å². The smallest absolute Gasteiger partial charge is 0.169 e. The Morgan fingerprint density at radius 2 is 2.33 bits per heavy atom. The highest BCUT2D eigenvalue weighted by molar-refractivity contribution is 6.33. The van der Waals surface area contributed by atoms with Crippen molar-refractivity contribution in [1.82, 2.24) is 5.16 Å². The van der Waals surface area contributed by atoms with Crippen LogP contribution in [0.3, 0.4) is 0 Å². The molecule has 1 fully saturated rings. The van der Waals surface area contributed by atoms with E-state index in [2.05, 4.69) is 15.5 Å². The fraction of sp³-hybridized carbons (Fsp3) is 0.500. The molecule has 0 spiro atoms. The van der Waals surface area contributed by atoms with Crippen LogP contribution in [0.4, 0.5) is 5.82 Å². The third-order valence-electron chi connectivity index (χ3n) is 3.15. The van der Waals surface area contributed by atoms with Crippen LogP contribution < -0.4 is 5.32 Å². The third kappa shape index (κ3) is 2.27. The van der Waals surface area contributed by atoms with E-state index in [0.29, 0.717) is 11.6 Å². The lowest BCUT2D eigenvalue weighted by Gasteiger charge is -2.24. The maximum absolute atomic E-state index is 6.45. The van der Waals surface area contributed by atoms with Crippen LogP contribution >= 0.6 is 23.2 Å². The molecule has 1 saturated carbocycles. The van der Waals surface area contributed by atoms with Crippen LogP contribution in [0.25, 0.3) is 0 Å². The molecule has 1 aromatic heterocycles. The van der Waals surface area contributed by atoms with E-state index in [1.165, 1.54) is 12.8 Å². The van der Waals surface area contributed by atoms with Gasteiger partial charge in [0.05, 0.1) is 0 Å². The van der Waals surface area contributed by atoms with E-state index in [0.717, 1.165) is 12.5 Å². The average Bonchev–Trinajstić information content (AvgIpc) is 3.07. The summed E-state index contributed by atoms with van der Waals surface area (Å²) in [6, 6.07) is 1.79. The Balaban J connectivity index is 1.74. The second-order valence-corrected chi connectivity index (χ2v) is 5.70. The fourth-order valence-electron chi connectivity index (χ4n) is 1.81. The largest absolute Gasteiger partial charge is 0.367 e. The molecule has 2 unspecified atom stereocenters. The van der Waals surface area contributed by atoms with E-state index < -0.39 is 10.4 Å². The minimum Gasteiger partial charge on any atom is -0.367 e. The van der Waals surface area contributed by atoms with Gasteiger partial charge in [0.25, 0.3) is 0 Å². The second-order valence-electron chi connectivity index (χ2n) is 4.66. The molecule has 1 N–H and O–H groups in total. The maximum atomic E-state index is 6.45. The standard InChI is InChI=1S/C12H13Cl2N3O/c13-11-12(14,4-1-5-15-11)9-6-10(17-18-9)16-7-8-2-3-8/h1,4-6,8,11H,2-3,7H2,(H,16,17). The van der Waals surface area contributed by atoms with E-state index in [9.17, 15) is 0 Å². The molecule has 2 atom stereocenters. The van der Waals surface area contributed by atoms with Gasteiger partial charge < -0.3 is 9.84 Å². The maximum Gasteiger partial charge on any atom is 0.169 e. The monoisotopic (exact) mass is 285 g/mol. The SMILES string of the molecule is ClC1N=CC=CC1(Cl)c1cc(NCC2CC2)no1. The minimum absolute atomic E-state index is 0.510. The van der Waals surface area contributed by atoms with Crippen molar-refractivity contribution in [2.75, 3.05) is 11.9 Å². The Morgan fingerprint density at radius 3 is 3.06 bits per heavy atom. The Morgan fingerprint density at radius 1 is 1.50 bits per heavy atom. The lowest BCUT2D eigenvalue weighted by atomic mass is 10.0. The van der Waals surface area contributed by atoms with Crippen molar-refractivity contribution in [3.63, 3.8) is 0 Å². The van der Waals surface area contributed by atoms with Crippen molar-refractivity contribution >= 4 is 35.2 Å². The molecule has 18 heavy (non-hydrogen) atoms. The molecule has 2 aliphatic rings. The van der Waals surface area contributed by atoms with Crippen LogP contribution in [0.5, 0.6) is 0 Å². The number of allylic oxidation sites excluding steroid dienone is 1. The molecular formula is C12H13Cl2N3O. The number of anilines is 1. The minimum atomic E-state index is -0.956. The van der Waals surface area contributed by atoms with Crippen LogP contribution in [0.15, 0.2) is 27.7 Å². The summed E-state index contributed by atoms with van der Waals surface area (Å²) in [5.41, 5.74) is -0.589. The van der Waals surface area contributed by atoms with E-state index >= 15 is 0 Å². The summed E-state index contributed by atoms with van der Waals surface area (Å²) in [5, 5.41) is 7.18. The fourth-order valence-corrected chi connectivity index (χ4v) is 2.27. The number of alkyl halides is 2. The Labute approximate surface area is 115 Å². The first kappa shape index (κ1) is 12.1. The molecule has 96 valence electrons. The number of aromatic nitrogens is 1. The molecule has 0 bridgehead atoms. The number of dihydropyridines is 1. The van der Waals surface area contributed by atoms with Gasteiger partial charge >= 0.3 is 0 Å². The summed E-state index contributed by atoms with van der Waals surface area (Å²) < 4.78 is 5.28. The number of nitrogens with zero attached hydrogens (tertiary/aromatic N) is 2. The zero-order chi connectivity index (χ0) is 12.6. The van der Waals surface area contributed by atoms with Gasteiger partial charge in [-0.15, -0.1) is 11.6 Å². The Kier molecular flexibility index (Phi) is 3.08. The van der Waals surface area contributed by atoms with Crippen LogP contribution in [-0.4, -0.2) is 23.4 Å². The van der Waals surface area contributed by atoms with Crippen LogP contribution in [0, 0.1) is 5.92 Å². The molecule has 2 heterocycles. The van der Waals surface area contributed by atoms with E-state index in [-0.39, 0.29) is 0 Å². The number of rotatable bonds is 4. The summed E-state index contributed by atoms with van der Waals surface area (Å²) in [5.74, 6) is 1.98. The highest BCUT2D eigenvalue weighted by Crippen LogP contribution is 2.40. The van der Waals surface area contributed by atoms with E-state index in [4.69, 9.17) is 27.7 Å². The summed E-state index contributed by atoms with van der Waals surface area (Å²) >= 11 is 12.6. The average molecular weight is 286 g/mol. The molecule has 0 saturated heterocycles. The molecule has 0 aromatic carbocycles. The topological polar surface area (TPSA) is 50.4 Å². The van der Waals surface area contributed by atoms with Crippen molar-refractivity contribution in [3.05, 3.63) is 24.0 Å². The molecule has 0 amide bonds. The molecule has 3 rings (SSSR count). The predicted octanol–water partition coefficient (Wildman–Crippen LogP) is 3.14. The van der Waals surface area contributed by atoms with Gasteiger partial charge in [-0.3, -0.25) is 4.99 Å². The van der Waals surface area contributed by atoms with E-state index in [1.54, 1.807) is 24.4 Å². The van der Waals surface area contributed by atoms with Gasteiger partial charge in [0.15, 0.2) is 22.0 Å². The Hall–Kier alpha value is -1.00. The molecule has 1 aliphatic heterocycles. The van der Waals surface area contributed by atoms with Gasteiger partial charge in [0.1, 0.15) is 0 Å². The van der Waals surface area contributed by atoms with Crippen molar-refractivity contribution in [1.29, 1.82) is 0 Å². The third-order valence-corrected chi connectivity index (χ3v) is 4.23. The quantitative estimate of drug-likeness (QED) is 0.683. The molecule has 4 nitrogen and oxygen atoms in total. The predicted molar refractivity (Wildman–Crippen MR) is 72.5 cm³/mol. The molecule has 1 aliphatic carbocycles. The molecule has 0 radical (unpaired) electrons. The van der Waals surface area contributed by atoms with Gasteiger partial charge in [-0.2, -0.15) is 0 Å². The summed E-state index contributed by atoms with van der Waals surface area (Å²) in [6.45, 7) is 0.930. The lowest BCUT2D eigenvalue weighted by molar-refractivity contribution is 0.360. The normalized spacial score (nSPS) is 30.7. The summed E-state index contributed by atoms with van der Waals surface area (Å²) in [4.78, 5) is 3.11. The van der Waals surface area contributed by atoms with Crippen LogP contribution in [0.2, 0.25) is 0 Å². The summed E-state index contributed by atoms with van der Waals surface area (Å²) in [6.07, 6.45) is 7.73. The second kappa shape index (κ2) is 4.59. The first-order valence-corrected chi connectivity index (χ1v) is 6.75.